The van der Waals surface area contributed by atoms with Gasteiger partial charge in [0.15, 0.2) is 5.60 Å². The Labute approximate surface area is 131 Å². The van der Waals surface area contributed by atoms with E-state index in [9.17, 15) is 5.26 Å². The van der Waals surface area contributed by atoms with Gasteiger partial charge in [-0.1, -0.05) is 25.1 Å². The van der Waals surface area contributed by atoms with Crippen LogP contribution in [0.2, 0.25) is 0 Å². The average Bonchev–Trinajstić information content (AvgIpc) is 2.87. The summed E-state index contributed by atoms with van der Waals surface area (Å²) in [5.74, 6) is 0. The van der Waals surface area contributed by atoms with E-state index in [2.05, 4.69) is 31.4 Å². The number of rotatable bonds is 6. The summed E-state index contributed by atoms with van der Waals surface area (Å²) in [4.78, 5) is 1.25. The van der Waals surface area contributed by atoms with Gasteiger partial charge in [-0.2, -0.15) is 5.26 Å². The van der Waals surface area contributed by atoms with Crippen LogP contribution >= 0.6 is 11.8 Å². The number of thioether (sulfide) groups is 1. The zero-order valence-electron chi connectivity index (χ0n) is 13.0. The number of hydrogen-bond donors (Lipinski definition) is 0. The first kappa shape index (κ1) is 16.4. The van der Waals surface area contributed by atoms with Crippen LogP contribution in [-0.2, 0) is 16.1 Å². The molecule has 0 radical (unpaired) electrons. The first-order chi connectivity index (χ1) is 10.1. The summed E-state index contributed by atoms with van der Waals surface area (Å²) in [5.41, 5.74) is 0.243. The maximum atomic E-state index is 9.21. The SMILES string of the molecule is CCC1(COCc2ccccc2SC)CCC(C)(C#N)O1. The fourth-order valence-corrected chi connectivity index (χ4v) is 3.35. The fraction of sp³-hybridized carbons (Fsp3) is 0.588. The molecule has 3 nitrogen and oxygen atoms in total. The molecule has 1 aromatic carbocycles. The number of hydrogen-bond acceptors (Lipinski definition) is 4. The molecular formula is C17H23NO2S. The van der Waals surface area contributed by atoms with Crippen molar-refractivity contribution in [1.82, 2.24) is 0 Å². The lowest BCUT2D eigenvalue weighted by molar-refractivity contribution is -0.114. The molecule has 2 unspecified atom stereocenters. The first-order valence-electron chi connectivity index (χ1n) is 7.37. The van der Waals surface area contributed by atoms with Gasteiger partial charge in [-0.25, -0.2) is 0 Å². The van der Waals surface area contributed by atoms with E-state index in [0.29, 0.717) is 13.2 Å². The third-order valence-corrected chi connectivity index (χ3v) is 5.03. The van der Waals surface area contributed by atoms with Crippen molar-refractivity contribution >= 4 is 11.8 Å². The average molecular weight is 305 g/mol. The van der Waals surface area contributed by atoms with Gasteiger partial charge in [0.25, 0.3) is 0 Å². The summed E-state index contributed by atoms with van der Waals surface area (Å²) >= 11 is 1.73. The zero-order chi connectivity index (χ0) is 15.3. The monoisotopic (exact) mass is 305 g/mol. The van der Waals surface area contributed by atoms with Crippen LogP contribution in [-0.4, -0.2) is 24.1 Å². The molecule has 1 saturated heterocycles. The van der Waals surface area contributed by atoms with Crippen LogP contribution in [0.1, 0.15) is 38.7 Å². The highest BCUT2D eigenvalue weighted by atomic mass is 32.2. The molecule has 4 heteroatoms. The van der Waals surface area contributed by atoms with Crippen LogP contribution in [0.5, 0.6) is 0 Å². The lowest BCUT2D eigenvalue weighted by Gasteiger charge is -2.29. The summed E-state index contributed by atoms with van der Waals surface area (Å²) < 4.78 is 12.0. The Balaban J connectivity index is 1.95. The molecule has 0 aliphatic carbocycles. The molecule has 1 fully saturated rings. The summed E-state index contributed by atoms with van der Waals surface area (Å²) in [6, 6.07) is 10.6. The Kier molecular flexibility index (Phi) is 5.32. The minimum absolute atomic E-state index is 0.307. The highest BCUT2D eigenvalue weighted by molar-refractivity contribution is 7.98. The fourth-order valence-electron chi connectivity index (χ4n) is 2.75. The van der Waals surface area contributed by atoms with Crippen molar-refractivity contribution in [2.45, 2.75) is 55.8 Å². The summed E-state index contributed by atoms with van der Waals surface area (Å²) in [6.07, 6.45) is 4.61. The maximum Gasteiger partial charge on any atom is 0.152 e. The van der Waals surface area contributed by atoms with Gasteiger partial charge in [-0.05, 0) is 44.1 Å². The van der Waals surface area contributed by atoms with Gasteiger partial charge in [0, 0.05) is 4.90 Å². The Morgan fingerprint density at radius 2 is 2.14 bits per heavy atom. The summed E-state index contributed by atoms with van der Waals surface area (Å²) in [5, 5.41) is 9.21. The van der Waals surface area contributed by atoms with E-state index in [1.165, 1.54) is 10.5 Å². The van der Waals surface area contributed by atoms with Crippen LogP contribution in [0, 0.1) is 11.3 Å². The molecule has 0 bridgehead atoms. The Hall–Kier alpha value is -1.02. The molecule has 114 valence electrons. The molecule has 0 amide bonds. The highest BCUT2D eigenvalue weighted by Gasteiger charge is 2.46. The van der Waals surface area contributed by atoms with Gasteiger partial charge in [0.2, 0.25) is 0 Å². The molecule has 0 spiro atoms. The predicted molar refractivity (Wildman–Crippen MR) is 85.2 cm³/mol. The smallest absolute Gasteiger partial charge is 0.152 e. The molecule has 0 saturated carbocycles. The normalized spacial score (nSPS) is 28.5. The van der Waals surface area contributed by atoms with Crippen LogP contribution in [0.3, 0.4) is 0 Å². The van der Waals surface area contributed by atoms with Crippen LogP contribution in [0.25, 0.3) is 0 Å². The predicted octanol–water partition coefficient (Wildman–Crippen LogP) is 4.17. The minimum Gasteiger partial charge on any atom is -0.374 e. The number of nitrogens with zero attached hydrogens (tertiary/aromatic N) is 1. The Bertz CT molecular complexity index is 528. The first-order valence-corrected chi connectivity index (χ1v) is 8.60. The number of nitriles is 1. The minimum atomic E-state index is -0.656. The molecule has 1 heterocycles. The zero-order valence-corrected chi connectivity index (χ0v) is 13.8. The molecular weight excluding hydrogens is 282 g/mol. The molecule has 2 atom stereocenters. The molecule has 21 heavy (non-hydrogen) atoms. The van der Waals surface area contributed by atoms with Crippen LogP contribution < -0.4 is 0 Å². The van der Waals surface area contributed by atoms with Gasteiger partial charge < -0.3 is 9.47 Å². The molecule has 0 aromatic heterocycles. The lowest BCUT2D eigenvalue weighted by atomic mass is 9.96. The second kappa shape index (κ2) is 6.83. The molecule has 1 aliphatic heterocycles. The summed E-state index contributed by atoms with van der Waals surface area (Å²) in [7, 11) is 0. The van der Waals surface area contributed by atoms with Gasteiger partial charge in [-0.15, -0.1) is 11.8 Å². The van der Waals surface area contributed by atoms with Gasteiger partial charge >= 0.3 is 0 Å². The Morgan fingerprint density at radius 1 is 1.38 bits per heavy atom. The van der Waals surface area contributed by atoms with Crippen molar-refractivity contribution in [3.8, 4) is 6.07 Å². The molecule has 0 N–H and O–H groups in total. The van der Waals surface area contributed by atoms with Gasteiger partial charge in [-0.3, -0.25) is 0 Å². The van der Waals surface area contributed by atoms with Crippen LogP contribution in [0.4, 0.5) is 0 Å². The molecule has 1 aliphatic rings. The standard InChI is InChI=1S/C17H23NO2S/c1-4-17(10-9-16(2,12-18)20-17)13-19-11-14-7-5-6-8-15(14)21-3/h5-8H,4,9-11,13H2,1-3H3. The quantitative estimate of drug-likeness (QED) is 0.740. The van der Waals surface area contributed by atoms with E-state index in [-0.39, 0.29) is 5.60 Å². The topological polar surface area (TPSA) is 42.2 Å². The van der Waals surface area contributed by atoms with E-state index < -0.39 is 5.60 Å². The van der Waals surface area contributed by atoms with Crippen molar-refractivity contribution in [3.05, 3.63) is 29.8 Å². The van der Waals surface area contributed by atoms with E-state index in [4.69, 9.17) is 9.47 Å². The van der Waals surface area contributed by atoms with Crippen molar-refractivity contribution in [3.63, 3.8) is 0 Å². The second-order valence-electron chi connectivity index (χ2n) is 5.79. The van der Waals surface area contributed by atoms with Crippen molar-refractivity contribution in [2.75, 3.05) is 12.9 Å². The summed E-state index contributed by atoms with van der Waals surface area (Å²) in [6.45, 7) is 5.10. The molecule has 2 rings (SSSR count). The third-order valence-electron chi connectivity index (χ3n) is 4.20. The second-order valence-corrected chi connectivity index (χ2v) is 6.63. The highest BCUT2D eigenvalue weighted by Crippen LogP contribution is 2.40. The van der Waals surface area contributed by atoms with Crippen molar-refractivity contribution < 1.29 is 9.47 Å². The van der Waals surface area contributed by atoms with Crippen molar-refractivity contribution in [1.29, 1.82) is 5.26 Å². The van der Waals surface area contributed by atoms with E-state index in [1.807, 2.05) is 19.1 Å². The lowest BCUT2D eigenvalue weighted by Crippen LogP contribution is -2.37. The van der Waals surface area contributed by atoms with Crippen LogP contribution in [0.15, 0.2) is 29.2 Å². The van der Waals surface area contributed by atoms with Gasteiger partial charge in [0.1, 0.15) is 0 Å². The maximum absolute atomic E-state index is 9.21. The largest absolute Gasteiger partial charge is 0.374 e. The van der Waals surface area contributed by atoms with E-state index in [0.717, 1.165) is 19.3 Å². The Morgan fingerprint density at radius 3 is 2.76 bits per heavy atom. The van der Waals surface area contributed by atoms with Gasteiger partial charge in [0.05, 0.1) is 24.9 Å². The van der Waals surface area contributed by atoms with Crippen molar-refractivity contribution in [2.24, 2.45) is 0 Å². The number of ether oxygens (including phenoxy) is 2. The molecule has 1 aromatic rings. The van der Waals surface area contributed by atoms with E-state index >= 15 is 0 Å². The third kappa shape index (κ3) is 3.79. The van der Waals surface area contributed by atoms with E-state index in [1.54, 1.807) is 11.8 Å². The number of benzene rings is 1.